The first-order chi connectivity index (χ1) is 9.29. The highest BCUT2D eigenvalue weighted by atomic mass is 79.9. The van der Waals surface area contributed by atoms with Gasteiger partial charge in [0.25, 0.3) is 10.0 Å². The maximum Gasteiger partial charge on any atom is 0.262 e. The van der Waals surface area contributed by atoms with Crippen LogP contribution in [-0.2, 0) is 10.0 Å². The Morgan fingerprint density at radius 3 is 2.45 bits per heavy atom. The molecule has 0 unspecified atom stereocenters. The molecule has 0 aliphatic rings. The fourth-order valence-corrected chi connectivity index (χ4v) is 2.80. The zero-order valence-corrected chi connectivity index (χ0v) is 12.3. The van der Waals surface area contributed by atoms with Gasteiger partial charge in [0.2, 0.25) is 0 Å². The van der Waals surface area contributed by atoms with Gasteiger partial charge in [-0.1, -0.05) is 0 Å². The van der Waals surface area contributed by atoms with Gasteiger partial charge in [0.15, 0.2) is 0 Å². The molecule has 0 spiro atoms. The number of hydrogen-bond donors (Lipinski definition) is 2. The minimum atomic E-state index is -4.05. The monoisotopic (exact) mass is 362 g/mol. The highest BCUT2D eigenvalue weighted by molar-refractivity contribution is 9.10. The van der Waals surface area contributed by atoms with E-state index < -0.39 is 21.7 Å². The molecule has 0 bridgehead atoms. The molecule has 2 aromatic rings. The third kappa shape index (κ3) is 3.07. The summed E-state index contributed by atoms with van der Waals surface area (Å²) in [5.41, 5.74) is 5.51. The van der Waals surface area contributed by atoms with E-state index in [1.807, 2.05) is 0 Å². The smallest absolute Gasteiger partial charge is 0.262 e. The summed E-state index contributed by atoms with van der Waals surface area (Å²) in [6, 6.07) is 6.61. The van der Waals surface area contributed by atoms with Crippen molar-refractivity contribution >= 4 is 37.3 Å². The SMILES string of the molecule is Nc1ccc(F)cc1NS(=O)(=O)c1ccc(Br)c(F)c1. The van der Waals surface area contributed by atoms with Crippen LogP contribution in [-0.4, -0.2) is 8.42 Å². The van der Waals surface area contributed by atoms with Crippen molar-refractivity contribution in [3.05, 3.63) is 52.5 Å². The Kier molecular flexibility index (Phi) is 3.96. The van der Waals surface area contributed by atoms with Crippen LogP contribution in [0.5, 0.6) is 0 Å². The van der Waals surface area contributed by atoms with Crippen LogP contribution in [0.15, 0.2) is 45.8 Å². The maximum absolute atomic E-state index is 13.4. The second-order valence-corrected chi connectivity index (χ2v) is 6.45. The minimum absolute atomic E-state index is 0.0626. The Morgan fingerprint density at radius 1 is 1.10 bits per heavy atom. The standard InChI is InChI=1S/C12H9BrF2N2O2S/c13-9-3-2-8(6-10(9)15)20(18,19)17-12-5-7(14)1-4-11(12)16/h1-6,17H,16H2. The number of rotatable bonds is 3. The van der Waals surface area contributed by atoms with Crippen LogP contribution < -0.4 is 10.5 Å². The summed E-state index contributed by atoms with van der Waals surface area (Å²) >= 11 is 2.92. The molecule has 2 rings (SSSR count). The summed E-state index contributed by atoms with van der Waals surface area (Å²) in [7, 11) is -4.05. The molecule has 3 N–H and O–H groups in total. The van der Waals surface area contributed by atoms with Crippen molar-refractivity contribution in [2.45, 2.75) is 4.90 Å². The molecule has 20 heavy (non-hydrogen) atoms. The Balaban J connectivity index is 2.40. The number of nitrogen functional groups attached to an aromatic ring is 1. The molecule has 106 valence electrons. The Labute approximate surface area is 122 Å². The van der Waals surface area contributed by atoms with Crippen molar-refractivity contribution < 1.29 is 17.2 Å². The Bertz CT molecular complexity index is 766. The molecule has 4 nitrogen and oxygen atoms in total. The maximum atomic E-state index is 13.4. The lowest BCUT2D eigenvalue weighted by Gasteiger charge is -2.10. The van der Waals surface area contributed by atoms with Crippen molar-refractivity contribution in [1.82, 2.24) is 0 Å². The van der Waals surface area contributed by atoms with Crippen molar-refractivity contribution in [3.63, 3.8) is 0 Å². The van der Waals surface area contributed by atoms with Gasteiger partial charge in [0.05, 0.1) is 20.7 Å². The summed E-state index contributed by atoms with van der Waals surface area (Å²) in [6.07, 6.45) is 0. The first-order valence-electron chi connectivity index (χ1n) is 5.32. The van der Waals surface area contributed by atoms with E-state index >= 15 is 0 Å². The van der Waals surface area contributed by atoms with Crippen LogP contribution in [0.1, 0.15) is 0 Å². The average molecular weight is 363 g/mol. The van der Waals surface area contributed by atoms with Crippen LogP contribution in [0, 0.1) is 11.6 Å². The van der Waals surface area contributed by atoms with Crippen molar-refractivity contribution in [3.8, 4) is 0 Å². The van der Waals surface area contributed by atoms with Gasteiger partial charge in [-0.2, -0.15) is 0 Å². The number of hydrogen-bond acceptors (Lipinski definition) is 3. The van der Waals surface area contributed by atoms with E-state index in [9.17, 15) is 17.2 Å². The predicted molar refractivity (Wildman–Crippen MR) is 75.7 cm³/mol. The molecular weight excluding hydrogens is 354 g/mol. The molecule has 0 amide bonds. The van der Waals surface area contributed by atoms with E-state index in [-0.39, 0.29) is 20.7 Å². The number of sulfonamides is 1. The highest BCUT2D eigenvalue weighted by Crippen LogP contribution is 2.25. The predicted octanol–water partition coefficient (Wildman–Crippen LogP) is 3.11. The summed E-state index contributed by atoms with van der Waals surface area (Å²) in [5, 5.41) is 0. The van der Waals surface area contributed by atoms with Crippen LogP contribution >= 0.6 is 15.9 Å². The molecule has 2 aromatic carbocycles. The first-order valence-corrected chi connectivity index (χ1v) is 7.60. The average Bonchev–Trinajstić information content (AvgIpc) is 2.36. The third-order valence-corrected chi connectivity index (χ3v) is 4.47. The Morgan fingerprint density at radius 2 is 1.80 bits per heavy atom. The molecule has 0 heterocycles. The quantitative estimate of drug-likeness (QED) is 0.824. The van der Waals surface area contributed by atoms with E-state index in [4.69, 9.17) is 5.73 Å². The fourth-order valence-electron chi connectivity index (χ4n) is 1.46. The Hall–Kier alpha value is -1.67. The van der Waals surface area contributed by atoms with Crippen molar-refractivity contribution in [1.29, 1.82) is 0 Å². The number of nitrogens with one attached hydrogen (secondary N) is 1. The van der Waals surface area contributed by atoms with Crippen LogP contribution in [0.25, 0.3) is 0 Å². The lowest BCUT2D eigenvalue weighted by Crippen LogP contribution is -2.14. The number of anilines is 2. The topological polar surface area (TPSA) is 72.2 Å². The molecule has 0 aromatic heterocycles. The van der Waals surface area contributed by atoms with Gasteiger partial charge in [-0.3, -0.25) is 4.72 Å². The lowest BCUT2D eigenvalue weighted by atomic mass is 10.3. The first kappa shape index (κ1) is 14.7. The zero-order chi connectivity index (χ0) is 14.9. The highest BCUT2D eigenvalue weighted by Gasteiger charge is 2.17. The second-order valence-electron chi connectivity index (χ2n) is 3.91. The van der Waals surface area contributed by atoms with E-state index in [0.29, 0.717) is 0 Å². The summed E-state index contributed by atoms with van der Waals surface area (Å²) in [4.78, 5) is -0.290. The minimum Gasteiger partial charge on any atom is -0.397 e. The van der Waals surface area contributed by atoms with Gasteiger partial charge in [0.1, 0.15) is 11.6 Å². The number of halogens is 3. The van der Waals surface area contributed by atoms with Crippen LogP contribution in [0.4, 0.5) is 20.2 Å². The normalized spacial score (nSPS) is 11.3. The van der Waals surface area contributed by atoms with Crippen molar-refractivity contribution in [2.75, 3.05) is 10.5 Å². The summed E-state index contributed by atoms with van der Waals surface area (Å²) in [6.45, 7) is 0. The van der Waals surface area contributed by atoms with Gasteiger partial charge < -0.3 is 5.73 Å². The van der Waals surface area contributed by atoms with E-state index in [0.717, 1.165) is 18.2 Å². The van der Waals surface area contributed by atoms with Gasteiger partial charge in [0, 0.05) is 6.07 Å². The third-order valence-electron chi connectivity index (χ3n) is 2.46. The van der Waals surface area contributed by atoms with Gasteiger partial charge in [-0.15, -0.1) is 0 Å². The van der Waals surface area contributed by atoms with E-state index in [1.54, 1.807) is 0 Å². The van der Waals surface area contributed by atoms with E-state index in [2.05, 4.69) is 20.7 Å². The molecule has 0 saturated carbocycles. The molecule has 0 fully saturated rings. The van der Waals surface area contributed by atoms with E-state index in [1.165, 1.54) is 18.2 Å². The molecule has 0 radical (unpaired) electrons. The fraction of sp³-hybridized carbons (Fsp3) is 0. The van der Waals surface area contributed by atoms with Gasteiger partial charge in [-0.05, 0) is 46.3 Å². The number of benzene rings is 2. The van der Waals surface area contributed by atoms with Crippen LogP contribution in [0.3, 0.4) is 0 Å². The summed E-state index contributed by atoms with van der Waals surface area (Å²) < 4.78 is 52.8. The molecular formula is C12H9BrF2N2O2S. The van der Waals surface area contributed by atoms with Gasteiger partial charge >= 0.3 is 0 Å². The largest absolute Gasteiger partial charge is 0.397 e. The molecule has 0 atom stereocenters. The lowest BCUT2D eigenvalue weighted by molar-refractivity contribution is 0.593. The molecule has 0 aliphatic heterocycles. The van der Waals surface area contributed by atoms with Gasteiger partial charge in [-0.25, -0.2) is 17.2 Å². The molecule has 8 heteroatoms. The number of nitrogens with two attached hydrogens (primary N) is 1. The second kappa shape index (κ2) is 5.37. The summed E-state index contributed by atoms with van der Waals surface area (Å²) in [5.74, 6) is -1.36. The van der Waals surface area contributed by atoms with Crippen LogP contribution in [0.2, 0.25) is 0 Å². The molecule has 0 aliphatic carbocycles. The van der Waals surface area contributed by atoms with Crippen molar-refractivity contribution in [2.24, 2.45) is 0 Å². The molecule has 0 saturated heterocycles. The zero-order valence-electron chi connectivity index (χ0n) is 9.90.